The van der Waals surface area contributed by atoms with E-state index in [0.29, 0.717) is 6.61 Å². The molecule has 0 aliphatic heterocycles. The summed E-state index contributed by atoms with van der Waals surface area (Å²) in [6.07, 6.45) is 5.39. The number of methoxy groups -OCH3 is 2. The molecule has 0 saturated heterocycles. The lowest BCUT2D eigenvalue weighted by molar-refractivity contribution is -0.0679. The van der Waals surface area contributed by atoms with Crippen molar-refractivity contribution in [1.82, 2.24) is 0 Å². The van der Waals surface area contributed by atoms with Gasteiger partial charge in [0.2, 0.25) is 0 Å². The van der Waals surface area contributed by atoms with Gasteiger partial charge in [0, 0.05) is 6.04 Å². The standard InChI is InChI=1S/C17H27NO3/c1-17(10-5-4-6-16(17)18)21-11-9-13-7-8-14(19-2)15(12-13)20-3/h7-8,12,16H,4-6,9-11,18H2,1-3H3/t16-,17+/m1/s1. The van der Waals surface area contributed by atoms with Gasteiger partial charge in [0.15, 0.2) is 11.5 Å². The van der Waals surface area contributed by atoms with Crippen molar-refractivity contribution in [3.63, 3.8) is 0 Å². The highest BCUT2D eigenvalue weighted by molar-refractivity contribution is 5.42. The Balaban J connectivity index is 1.91. The van der Waals surface area contributed by atoms with Crippen molar-refractivity contribution in [1.29, 1.82) is 0 Å². The van der Waals surface area contributed by atoms with Crippen LogP contribution in [-0.2, 0) is 11.2 Å². The highest BCUT2D eigenvalue weighted by Crippen LogP contribution is 2.31. The van der Waals surface area contributed by atoms with E-state index in [1.807, 2.05) is 18.2 Å². The van der Waals surface area contributed by atoms with Gasteiger partial charge in [-0.3, -0.25) is 0 Å². The van der Waals surface area contributed by atoms with E-state index in [1.165, 1.54) is 18.4 Å². The van der Waals surface area contributed by atoms with Crippen molar-refractivity contribution in [2.45, 2.75) is 50.7 Å². The topological polar surface area (TPSA) is 53.7 Å². The monoisotopic (exact) mass is 293 g/mol. The molecule has 0 bridgehead atoms. The van der Waals surface area contributed by atoms with Crippen LogP contribution >= 0.6 is 0 Å². The molecule has 0 unspecified atom stereocenters. The van der Waals surface area contributed by atoms with E-state index in [-0.39, 0.29) is 11.6 Å². The number of rotatable bonds is 6. The van der Waals surface area contributed by atoms with Gasteiger partial charge < -0.3 is 19.9 Å². The second-order valence-corrected chi connectivity index (χ2v) is 5.95. The van der Waals surface area contributed by atoms with Gasteiger partial charge in [0.1, 0.15) is 0 Å². The summed E-state index contributed by atoms with van der Waals surface area (Å²) in [6, 6.07) is 6.14. The Morgan fingerprint density at radius 2 is 1.95 bits per heavy atom. The van der Waals surface area contributed by atoms with E-state index in [0.717, 1.165) is 30.8 Å². The van der Waals surface area contributed by atoms with Gasteiger partial charge in [-0.25, -0.2) is 0 Å². The first kappa shape index (κ1) is 16.1. The molecule has 2 atom stereocenters. The van der Waals surface area contributed by atoms with Crippen LogP contribution < -0.4 is 15.2 Å². The predicted octanol–water partition coefficient (Wildman–Crippen LogP) is 2.92. The van der Waals surface area contributed by atoms with Crippen LogP contribution in [0, 0.1) is 0 Å². The summed E-state index contributed by atoms with van der Waals surface area (Å²) in [5, 5.41) is 0. The summed E-state index contributed by atoms with van der Waals surface area (Å²) in [6.45, 7) is 2.82. The van der Waals surface area contributed by atoms with Crippen LogP contribution in [0.15, 0.2) is 18.2 Å². The molecule has 2 rings (SSSR count). The minimum atomic E-state index is -0.172. The van der Waals surface area contributed by atoms with E-state index < -0.39 is 0 Å². The zero-order chi connectivity index (χ0) is 15.3. The molecule has 1 aromatic rings. The van der Waals surface area contributed by atoms with Crippen molar-refractivity contribution in [3.05, 3.63) is 23.8 Å². The quantitative estimate of drug-likeness (QED) is 0.876. The van der Waals surface area contributed by atoms with Crippen LogP contribution in [-0.4, -0.2) is 32.5 Å². The molecule has 4 nitrogen and oxygen atoms in total. The molecule has 0 spiro atoms. The molecule has 1 aromatic carbocycles. The Morgan fingerprint density at radius 3 is 2.62 bits per heavy atom. The van der Waals surface area contributed by atoms with Crippen molar-refractivity contribution >= 4 is 0 Å². The van der Waals surface area contributed by atoms with Crippen LogP contribution in [0.5, 0.6) is 11.5 Å². The fourth-order valence-corrected chi connectivity index (χ4v) is 2.95. The third kappa shape index (κ3) is 3.89. The second-order valence-electron chi connectivity index (χ2n) is 5.95. The number of hydrogen-bond donors (Lipinski definition) is 1. The minimum Gasteiger partial charge on any atom is -0.493 e. The van der Waals surface area contributed by atoms with E-state index in [9.17, 15) is 0 Å². The molecule has 1 aliphatic rings. The summed E-state index contributed by atoms with van der Waals surface area (Å²) < 4.78 is 16.7. The molecule has 1 aliphatic carbocycles. The van der Waals surface area contributed by atoms with Crippen molar-refractivity contribution in [3.8, 4) is 11.5 Å². The lowest BCUT2D eigenvalue weighted by atomic mass is 9.82. The molecule has 2 N–H and O–H groups in total. The fraction of sp³-hybridized carbons (Fsp3) is 0.647. The van der Waals surface area contributed by atoms with E-state index in [4.69, 9.17) is 19.9 Å². The number of ether oxygens (including phenoxy) is 3. The summed E-state index contributed by atoms with van der Waals surface area (Å²) in [4.78, 5) is 0. The van der Waals surface area contributed by atoms with Crippen LogP contribution in [0.3, 0.4) is 0 Å². The smallest absolute Gasteiger partial charge is 0.160 e. The normalized spacial score (nSPS) is 25.6. The van der Waals surface area contributed by atoms with E-state index in [2.05, 4.69) is 6.92 Å². The number of nitrogens with two attached hydrogens (primary N) is 1. The molecule has 0 radical (unpaired) electrons. The van der Waals surface area contributed by atoms with Gasteiger partial charge in [-0.2, -0.15) is 0 Å². The largest absolute Gasteiger partial charge is 0.493 e. The van der Waals surface area contributed by atoms with Gasteiger partial charge in [-0.1, -0.05) is 18.9 Å². The Bertz CT molecular complexity index is 463. The zero-order valence-electron chi connectivity index (χ0n) is 13.4. The van der Waals surface area contributed by atoms with Crippen LogP contribution in [0.2, 0.25) is 0 Å². The molecule has 0 heterocycles. The average molecular weight is 293 g/mol. The molecule has 1 fully saturated rings. The Kier molecular flexibility index (Phi) is 5.48. The third-order valence-corrected chi connectivity index (χ3v) is 4.49. The highest BCUT2D eigenvalue weighted by Gasteiger charge is 2.34. The second kappa shape index (κ2) is 7.14. The molecule has 0 aromatic heterocycles. The maximum absolute atomic E-state index is 6.21. The Labute approximate surface area is 127 Å². The Morgan fingerprint density at radius 1 is 1.19 bits per heavy atom. The Hall–Kier alpha value is -1.26. The van der Waals surface area contributed by atoms with Crippen LogP contribution in [0.1, 0.15) is 38.2 Å². The third-order valence-electron chi connectivity index (χ3n) is 4.49. The SMILES string of the molecule is COc1ccc(CCO[C@@]2(C)CCCC[C@H]2N)cc1OC. The number of hydrogen-bond acceptors (Lipinski definition) is 4. The lowest BCUT2D eigenvalue weighted by Gasteiger charge is -2.39. The van der Waals surface area contributed by atoms with Gasteiger partial charge in [0.25, 0.3) is 0 Å². The van der Waals surface area contributed by atoms with Crippen LogP contribution in [0.4, 0.5) is 0 Å². The van der Waals surface area contributed by atoms with E-state index in [1.54, 1.807) is 14.2 Å². The van der Waals surface area contributed by atoms with Crippen molar-refractivity contribution < 1.29 is 14.2 Å². The first-order valence-electron chi connectivity index (χ1n) is 7.69. The molecule has 4 heteroatoms. The van der Waals surface area contributed by atoms with Gasteiger partial charge in [0.05, 0.1) is 26.4 Å². The number of benzene rings is 1. The minimum absolute atomic E-state index is 0.150. The molecular formula is C17H27NO3. The first-order valence-corrected chi connectivity index (χ1v) is 7.69. The highest BCUT2D eigenvalue weighted by atomic mass is 16.5. The predicted molar refractivity (Wildman–Crippen MR) is 84.1 cm³/mol. The van der Waals surface area contributed by atoms with Gasteiger partial charge >= 0.3 is 0 Å². The molecule has 118 valence electrons. The molecular weight excluding hydrogens is 266 g/mol. The fourth-order valence-electron chi connectivity index (χ4n) is 2.95. The first-order chi connectivity index (χ1) is 10.1. The van der Waals surface area contributed by atoms with Gasteiger partial charge in [-0.15, -0.1) is 0 Å². The van der Waals surface area contributed by atoms with Crippen molar-refractivity contribution in [2.75, 3.05) is 20.8 Å². The summed E-state index contributed by atoms with van der Waals surface area (Å²) in [5.41, 5.74) is 7.22. The van der Waals surface area contributed by atoms with Crippen molar-refractivity contribution in [2.24, 2.45) is 5.73 Å². The average Bonchev–Trinajstić information content (AvgIpc) is 2.50. The summed E-state index contributed by atoms with van der Waals surface area (Å²) in [5.74, 6) is 1.51. The van der Waals surface area contributed by atoms with E-state index >= 15 is 0 Å². The van der Waals surface area contributed by atoms with Gasteiger partial charge in [-0.05, 0) is 43.9 Å². The molecule has 0 amide bonds. The van der Waals surface area contributed by atoms with Crippen LogP contribution in [0.25, 0.3) is 0 Å². The summed E-state index contributed by atoms with van der Waals surface area (Å²) >= 11 is 0. The lowest BCUT2D eigenvalue weighted by Crippen LogP contribution is -2.50. The summed E-state index contributed by atoms with van der Waals surface area (Å²) in [7, 11) is 3.30. The maximum atomic E-state index is 6.21. The molecule has 1 saturated carbocycles. The molecule has 21 heavy (non-hydrogen) atoms. The maximum Gasteiger partial charge on any atom is 0.160 e. The zero-order valence-corrected chi connectivity index (χ0v) is 13.4.